The van der Waals surface area contributed by atoms with Crippen molar-refractivity contribution < 1.29 is 4.79 Å². The second-order valence-corrected chi connectivity index (χ2v) is 5.70. The van der Waals surface area contributed by atoms with Crippen LogP contribution in [-0.2, 0) is 6.42 Å². The molecule has 22 heavy (non-hydrogen) atoms. The molecule has 1 saturated carbocycles. The summed E-state index contributed by atoms with van der Waals surface area (Å²) in [6.07, 6.45) is 4.89. The van der Waals surface area contributed by atoms with Crippen molar-refractivity contribution in [3.05, 3.63) is 66.0 Å². The summed E-state index contributed by atoms with van der Waals surface area (Å²) in [4.78, 5) is 16.4. The van der Waals surface area contributed by atoms with Crippen LogP contribution in [0.2, 0.25) is 0 Å². The third kappa shape index (κ3) is 4.07. The third-order valence-corrected chi connectivity index (χ3v) is 3.93. The van der Waals surface area contributed by atoms with Crippen molar-refractivity contribution in [2.45, 2.75) is 25.3 Å². The summed E-state index contributed by atoms with van der Waals surface area (Å²) in [6.45, 7) is 0.592. The van der Waals surface area contributed by atoms with Crippen LogP contribution in [0, 0.1) is 5.92 Å². The van der Waals surface area contributed by atoms with Crippen molar-refractivity contribution in [2.75, 3.05) is 6.54 Å². The molecule has 0 saturated heterocycles. The van der Waals surface area contributed by atoms with E-state index in [0.29, 0.717) is 12.5 Å². The van der Waals surface area contributed by atoms with Gasteiger partial charge in [0, 0.05) is 24.9 Å². The van der Waals surface area contributed by atoms with Gasteiger partial charge in [-0.1, -0.05) is 36.4 Å². The first-order valence-electron chi connectivity index (χ1n) is 7.82. The molecule has 1 fully saturated rings. The average molecular weight is 295 g/mol. The Labute approximate surface area is 131 Å². The van der Waals surface area contributed by atoms with Crippen LogP contribution in [0.4, 0.5) is 4.79 Å². The number of carbonyl (C=O) groups excluding carboxylic acids is 1. The van der Waals surface area contributed by atoms with Crippen LogP contribution in [-0.4, -0.2) is 17.6 Å². The summed E-state index contributed by atoms with van der Waals surface area (Å²) in [6, 6.07) is 16.0. The third-order valence-electron chi connectivity index (χ3n) is 3.93. The number of benzene rings is 1. The highest BCUT2D eigenvalue weighted by atomic mass is 16.2. The molecule has 3 rings (SSSR count). The summed E-state index contributed by atoms with van der Waals surface area (Å²) in [5.41, 5.74) is 2.18. The molecule has 1 atom stereocenters. The number of nitrogens with one attached hydrogen (secondary N) is 2. The van der Waals surface area contributed by atoms with Crippen LogP contribution in [0.1, 0.15) is 30.1 Å². The number of amides is 2. The zero-order chi connectivity index (χ0) is 15.2. The summed E-state index contributed by atoms with van der Waals surface area (Å²) in [5.74, 6) is 0.573. The second kappa shape index (κ2) is 7.07. The van der Waals surface area contributed by atoms with Gasteiger partial charge in [0.15, 0.2) is 0 Å². The summed E-state index contributed by atoms with van der Waals surface area (Å²) >= 11 is 0. The Hall–Kier alpha value is -2.36. The van der Waals surface area contributed by atoms with Crippen LogP contribution in [0.25, 0.3) is 0 Å². The Bertz CT molecular complexity index is 596. The van der Waals surface area contributed by atoms with E-state index >= 15 is 0 Å². The van der Waals surface area contributed by atoms with Gasteiger partial charge in [0.2, 0.25) is 0 Å². The van der Waals surface area contributed by atoms with Crippen LogP contribution >= 0.6 is 0 Å². The Balaban J connectivity index is 1.49. The van der Waals surface area contributed by atoms with E-state index in [2.05, 4.69) is 27.8 Å². The first-order valence-corrected chi connectivity index (χ1v) is 7.82. The molecule has 2 N–H and O–H groups in total. The number of pyridine rings is 1. The number of aromatic nitrogens is 1. The predicted molar refractivity (Wildman–Crippen MR) is 86.4 cm³/mol. The van der Waals surface area contributed by atoms with Crippen molar-refractivity contribution in [1.82, 2.24) is 15.6 Å². The fraction of sp³-hybridized carbons (Fsp3) is 0.333. The Kier molecular flexibility index (Phi) is 4.68. The van der Waals surface area contributed by atoms with Gasteiger partial charge >= 0.3 is 6.03 Å². The van der Waals surface area contributed by atoms with Gasteiger partial charge in [-0.25, -0.2) is 4.79 Å². The molecule has 1 aromatic carbocycles. The van der Waals surface area contributed by atoms with Crippen molar-refractivity contribution in [2.24, 2.45) is 5.92 Å². The standard InChI is InChI=1S/C18H21N3O/c22-18(20-13-11-16-8-4-5-12-19-16)21-17(15-9-10-15)14-6-2-1-3-7-14/h1-8,12,15,17H,9-11,13H2,(H2,20,21,22). The number of hydrogen-bond donors (Lipinski definition) is 2. The van der Waals surface area contributed by atoms with Gasteiger partial charge in [0.1, 0.15) is 0 Å². The molecule has 1 unspecified atom stereocenters. The fourth-order valence-corrected chi connectivity index (χ4v) is 2.61. The summed E-state index contributed by atoms with van der Waals surface area (Å²) < 4.78 is 0. The second-order valence-electron chi connectivity index (χ2n) is 5.70. The van der Waals surface area contributed by atoms with Gasteiger partial charge in [-0.2, -0.15) is 0 Å². The number of carbonyl (C=O) groups is 1. The number of hydrogen-bond acceptors (Lipinski definition) is 2. The van der Waals surface area contributed by atoms with E-state index in [1.165, 1.54) is 18.4 Å². The van der Waals surface area contributed by atoms with Gasteiger partial charge in [-0.15, -0.1) is 0 Å². The molecule has 0 bridgehead atoms. The first kappa shape index (κ1) is 14.6. The van der Waals surface area contributed by atoms with Gasteiger partial charge in [0.05, 0.1) is 6.04 Å². The molecule has 0 aliphatic heterocycles. The molecule has 1 aromatic heterocycles. The molecule has 1 heterocycles. The van der Waals surface area contributed by atoms with Crippen LogP contribution in [0.15, 0.2) is 54.7 Å². The van der Waals surface area contributed by atoms with Gasteiger partial charge in [-0.05, 0) is 36.5 Å². The Morgan fingerprint density at radius 3 is 2.59 bits per heavy atom. The molecule has 2 aromatic rings. The SMILES string of the molecule is O=C(NCCc1ccccn1)NC(c1ccccc1)C1CC1. The fourth-order valence-electron chi connectivity index (χ4n) is 2.61. The molecule has 0 spiro atoms. The van der Waals surface area contributed by atoms with Crippen LogP contribution in [0.5, 0.6) is 0 Å². The van der Waals surface area contributed by atoms with E-state index in [9.17, 15) is 4.79 Å². The zero-order valence-electron chi connectivity index (χ0n) is 12.5. The van der Waals surface area contributed by atoms with Crippen molar-refractivity contribution >= 4 is 6.03 Å². The number of rotatable bonds is 6. The van der Waals surface area contributed by atoms with E-state index in [0.717, 1.165) is 12.1 Å². The highest BCUT2D eigenvalue weighted by molar-refractivity contribution is 5.74. The monoisotopic (exact) mass is 295 g/mol. The Morgan fingerprint density at radius 1 is 1.14 bits per heavy atom. The van der Waals surface area contributed by atoms with E-state index in [4.69, 9.17) is 0 Å². The summed E-state index contributed by atoms with van der Waals surface area (Å²) in [7, 11) is 0. The largest absolute Gasteiger partial charge is 0.338 e. The van der Waals surface area contributed by atoms with Crippen LogP contribution < -0.4 is 10.6 Å². The van der Waals surface area contributed by atoms with E-state index < -0.39 is 0 Å². The zero-order valence-corrected chi connectivity index (χ0v) is 12.5. The lowest BCUT2D eigenvalue weighted by Gasteiger charge is -2.19. The number of urea groups is 1. The lowest BCUT2D eigenvalue weighted by Crippen LogP contribution is -2.39. The minimum Gasteiger partial charge on any atom is -0.338 e. The molecule has 4 nitrogen and oxygen atoms in total. The first-order chi connectivity index (χ1) is 10.8. The van der Waals surface area contributed by atoms with Gasteiger partial charge in [0.25, 0.3) is 0 Å². The smallest absolute Gasteiger partial charge is 0.315 e. The normalized spacial score (nSPS) is 15.1. The van der Waals surface area contributed by atoms with E-state index in [1.807, 2.05) is 36.4 Å². The lowest BCUT2D eigenvalue weighted by molar-refractivity contribution is 0.235. The molecule has 0 radical (unpaired) electrons. The highest BCUT2D eigenvalue weighted by Crippen LogP contribution is 2.40. The maximum Gasteiger partial charge on any atom is 0.315 e. The Morgan fingerprint density at radius 2 is 1.91 bits per heavy atom. The minimum atomic E-state index is -0.100. The topological polar surface area (TPSA) is 54.0 Å². The van der Waals surface area contributed by atoms with Crippen molar-refractivity contribution in [3.63, 3.8) is 0 Å². The summed E-state index contributed by atoms with van der Waals surface area (Å²) in [5, 5.41) is 6.04. The van der Waals surface area contributed by atoms with Crippen LogP contribution in [0.3, 0.4) is 0 Å². The molecule has 114 valence electrons. The molecule has 2 amide bonds. The molecule has 1 aliphatic rings. The molecule has 1 aliphatic carbocycles. The van der Waals surface area contributed by atoms with Gasteiger partial charge in [-0.3, -0.25) is 4.98 Å². The highest BCUT2D eigenvalue weighted by Gasteiger charge is 2.33. The average Bonchev–Trinajstić information content (AvgIpc) is 3.39. The van der Waals surface area contributed by atoms with E-state index in [1.54, 1.807) is 6.20 Å². The van der Waals surface area contributed by atoms with Crippen molar-refractivity contribution in [1.29, 1.82) is 0 Å². The van der Waals surface area contributed by atoms with E-state index in [-0.39, 0.29) is 12.1 Å². The molecular weight excluding hydrogens is 274 g/mol. The predicted octanol–water partition coefficient (Wildman–Crippen LogP) is 3.07. The van der Waals surface area contributed by atoms with Gasteiger partial charge < -0.3 is 10.6 Å². The minimum absolute atomic E-state index is 0.100. The lowest BCUT2D eigenvalue weighted by atomic mass is 10.0. The number of nitrogens with zero attached hydrogens (tertiary/aromatic N) is 1. The molecular formula is C18H21N3O. The maximum atomic E-state index is 12.1. The molecule has 4 heteroatoms. The quantitative estimate of drug-likeness (QED) is 0.860. The maximum absolute atomic E-state index is 12.1. The van der Waals surface area contributed by atoms with Crippen molar-refractivity contribution in [3.8, 4) is 0 Å².